The first-order valence-electron chi connectivity index (χ1n) is 11.9. The van der Waals surface area contributed by atoms with E-state index in [9.17, 15) is 0 Å². The molecule has 154 valence electrons. The molecule has 4 bridgehead atoms. The van der Waals surface area contributed by atoms with Gasteiger partial charge in [-0.1, -0.05) is 26.0 Å². The molecule has 4 heteroatoms. The van der Waals surface area contributed by atoms with Crippen LogP contribution in [-0.2, 0) is 12.0 Å². The number of hydrogen-bond acceptors (Lipinski definition) is 1. The largest absolute Gasteiger partial charge is 0.367 e. The predicted octanol–water partition coefficient (Wildman–Crippen LogP) is 4.52. The number of para-hydroxylation sites is 2. The molecule has 2 aromatic heterocycles. The summed E-state index contributed by atoms with van der Waals surface area (Å²) < 4.78 is 4.98. The number of benzene rings is 1. The van der Waals surface area contributed by atoms with E-state index in [-0.39, 0.29) is 0 Å². The number of likely N-dealkylation sites (N-methyl/N-ethyl adjacent to an activating group) is 1. The Balaban J connectivity index is 1.44. The van der Waals surface area contributed by atoms with Gasteiger partial charge in [-0.3, -0.25) is 0 Å². The first kappa shape index (κ1) is 18.0. The van der Waals surface area contributed by atoms with Crippen LogP contribution in [0.1, 0.15) is 58.1 Å². The van der Waals surface area contributed by atoms with Gasteiger partial charge >= 0.3 is 5.78 Å². The van der Waals surface area contributed by atoms with Gasteiger partial charge in [0.25, 0.3) is 0 Å². The van der Waals surface area contributed by atoms with Crippen molar-refractivity contribution >= 4 is 16.8 Å². The summed E-state index contributed by atoms with van der Waals surface area (Å²) in [6.45, 7) is 8.92. The summed E-state index contributed by atoms with van der Waals surface area (Å²) in [4.78, 5) is 6.50. The summed E-state index contributed by atoms with van der Waals surface area (Å²) >= 11 is 0. The van der Waals surface area contributed by atoms with Crippen LogP contribution in [0.2, 0.25) is 0 Å². The Morgan fingerprint density at radius 2 is 1.69 bits per heavy atom. The molecule has 0 saturated heterocycles. The van der Waals surface area contributed by atoms with Gasteiger partial charge in [0.15, 0.2) is 0 Å². The number of rotatable bonds is 6. The number of fused-ring (bicyclic) bond motifs is 3. The van der Waals surface area contributed by atoms with Gasteiger partial charge in [0.05, 0.1) is 6.54 Å². The molecule has 4 nitrogen and oxygen atoms in total. The minimum atomic E-state index is 0.422. The van der Waals surface area contributed by atoms with Gasteiger partial charge in [0.1, 0.15) is 22.9 Å². The average molecular weight is 392 g/mol. The standard InChI is InChI=1S/C25H34N4/c1-3-27(4-2)9-10-28-21-7-5-6-8-22(21)29-17-23(26-24(28)29)25-14-18-11-19(15-25)13-20(12-18)16-25/h5-8,17-20H,3-4,9-16H2,1-2H3/p+1. The van der Waals surface area contributed by atoms with E-state index in [4.69, 9.17) is 0 Å². The van der Waals surface area contributed by atoms with Gasteiger partial charge in [-0.05, 0) is 81.5 Å². The molecule has 1 aromatic carbocycles. The van der Waals surface area contributed by atoms with Crippen molar-refractivity contribution in [3.63, 3.8) is 0 Å². The fraction of sp³-hybridized carbons (Fsp3) is 0.640. The van der Waals surface area contributed by atoms with Crippen molar-refractivity contribution in [2.24, 2.45) is 17.8 Å². The van der Waals surface area contributed by atoms with Crippen molar-refractivity contribution < 1.29 is 4.57 Å². The fourth-order valence-electron chi connectivity index (χ4n) is 7.51. The monoisotopic (exact) mass is 391 g/mol. The molecule has 0 atom stereocenters. The lowest BCUT2D eigenvalue weighted by Gasteiger charge is -2.55. The highest BCUT2D eigenvalue weighted by molar-refractivity contribution is 5.75. The highest BCUT2D eigenvalue weighted by Gasteiger charge is 2.53. The Morgan fingerprint density at radius 1 is 1.03 bits per heavy atom. The highest BCUT2D eigenvalue weighted by atomic mass is 15.2. The maximum Gasteiger partial charge on any atom is 0.367 e. The molecule has 4 fully saturated rings. The lowest BCUT2D eigenvalue weighted by Crippen LogP contribution is -2.48. The molecule has 2 heterocycles. The van der Waals surface area contributed by atoms with E-state index in [1.807, 2.05) is 0 Å². The second-order valence-electron chi connectivity index (χ2n) is 10.2. The summed E-state index contributed by atoms with van der Waals surface area (Å²) in [5.74, 6) is 4.23. The molecule has 0 spiro atoms. The molecular formula is C25H35N4+. The first-order valence-corrected chi connectivity index (χ1v) is 11.9. The summed E-state index contributed by atoms with van der Waals surface area (Å²) in [6.07, 6.45) is 11.2. The zero-order valence-electron chi connectivity index (χ0n) is 18.0. The number of nitrogens with one attached hydrogen (secondary N) is 1. The molecule has 4 saturated carbocycles. The molecule has 0 aliphatic heterocycles. The van der Waals surface area contributed by atoms with Crippen LogP contribution < -0.4 is 4.57 Å². The summed E-state index contributed by atoms with van der Waals surface area (Å²) in [7, 11) is 0. The Hall–Kier alpha value is -1.81. The number of aromatic nitrogens is 3. The van der Waals surface area contributed by atoms with E-state index >= 15 is 0 Å². The number of aromatic amines is 1. The lowest BCUT2D eigenvalue weighted by atomic mass is 9.49. The molecule has 0 unspecified atom stereocenters. The first-order chi connectivity index (χ1) is 14.2. The van der Waals surface area contributed by atoms with Crippen molar-refractivity contribution in [2.45, 2.75) is 64.3 Å². The molecule has 0 amide bonds. The van der Waals surface area contributed by atoms with Gasteiger partial charge in [0, 0.05) is 12.0 Å². The lowest BCUT2D eigenvalue weighted by molar-refractivity contribution is -0.647. The zero-order chi connectivity index (χ0) is 19.6. The summed E-state index contributed by atoms with van der Waals surface area (Å²) in [5, 5.41) is 0. The average Bonchev–Trinajstić information content (AvgIpc) is 3.27. The van der Waals surface area contributed by atoms with E-state index in [1.54, 1.807) is 0 Å². The molecule has 29 heavy (non-hydrogen) atoms. The van der Waals surface area contributed by atoms with Crippen LogP contribution in [0, 0.1) is 17.8 Å². The van der Waals surface area contributed by atoms with Gasteiger partial charge in [-0.2, -0.15) is 4.40 Å². The predicted molar refractivity (Wildman–Crippen MR) is 117 cm³/mol. The van der Waals surface area contributed by atoms with Crippen LogP contribution in [-0.4, -0.2) is 33.9 Å². The summed E-state index contributed by atoms with van der Waals surface area (Å²) in [6, 6.07) is 8.92. The minimum Gasteiger partial charge on any atom is -0.301 e. The van der Waals surface area contributed by atoms with E-state index in [0.29, 0.717) is 5.41 Å². The van der Waals surface area contributed by atoms with E-state index in [1.165, 1.54) is 61.0 Å². The van der Waals surface area contributed by atoms with Gasteiger partial charge in [0.2, 0.25) is 0 Å². The molecule has 0 radical (unpaired) electrons. The van der Waals surface area contributed by atoms with Crippen molar-refractivity contribution in [3.8, 4) is 0 Å². The Bertz CT molecular complexity index is 1000. The zero-order valence-corrected chi connectivity index (χ0v) is 18.0. The third-order valence-electron chi connectivity index (χ3n) is 8.56. The second kappa shape index (κ2) is 6.60. The van der Waals surface area contributed by atoms with Crippen LogP contribution in [0.5, 0.6) is 0 Å². The molecule has 4 aliphatic carbocycles. The Kier molecular flexibility index (Phi) is 4.09. The van der Waals surface area contributed by atoms with Crippen molar-refractivity contribution in [1.29, 1.82) is 0 Å². The van der Waals surface area contributed by atoms with Crippen LogP contribution in [0.15, 0.2) is 30.5 Å². The van der Waals surface area contributed by atoms with E-state index < -0.39 is 0 Å². The maximum atomic E-state index is 3.98. The van der Waals surface area contributed by atoms with Crippen molar-refractivity contribution in [2.75, 3.05) is 19.6 Å². The van der Waals surface area contributed by atoms with Crippen LogP contribution >= 0.6 is 0 Å². The second-order valence-corrected chi connectivity index (χ2v) is 10.2. The normalized spacial score (nSPS) is 30.9. The fourth-order valence-corrected chi connectivity index (χ4v) is 7.51. The Labute approximate surface area is 173 Å². The SMILES string of the molecule is CCN(CC)CC[n+]1c2ccccc2n2cc(C34CC5CC(CC(C5)C3)C4)[nH]c21. The smallest absolute Gasteiger partial charge is 0.301 e. The highest BCUT2D eigenvalue weighted by Crippen LogP contribution is 2.60. The van der Waals surface area contributed by atoms with Gasteiger partial charge in [-0.15, -0.1) is 0 Å². The van der Waals surface area contributed by atoms with Crippen molar-refractivity contribution in [1.82, 2.24) is 14.3 Å². The van der Waals surface area contributed by atoms with Crippen LogP contribution in [0.3, 0.4) is 0 Å². The van der Waals surface area contributed by atoms with E-state index in [0.717, 1.165) is 43.9 Å². The molecule has 1 N–H and O–H groups in total. The minimum absolute atomic E-state index is 0.422. The third kappa shape index (κ3) is 2.71. The molecule has 3 aromatic rings. The van der Waals surface area contributed by atoms with Crippen molar-refractivity contribution in [3.05, 3.63) is 36.2 Å². The topological polar surface area (TPSA) is 27.3 Å². The van der Waals surface area contributed by atoms with Gasteiger partial charge < -0.3 is 4.90 Å². The summed E-state index contributed by atoms with van der Waals surface area (Å²) in [5.41, 5.74) is 4.64. The quantitative estimate of drug-likeness (QED) is 0.615. The maximum absolute atomic E-state index is 3.98. The van der Waals surface area contributed by atoms with Gasteiger partial charge in [-0.25, -0.2) is 9.55 Å². The molecule has 4 aliphatic rings. The number of H-pyrrole nitrogens is 1. The van der Waals surface area contributed by atoms with E-state index in [2.05, 4.69) is 63.2 Å². The number of hydrogen-bond donors (Lipinski definition) is 1. The third-order valence-corrected chi connectivity index (χ3v) is 8.56. The molecule has 7 rings (SSSR count). The molecular weight excluding hydrogens is 356 g/mol. The van der Waals surface area contributed by atoms with Crippen LogP contribution in [0.25, 0.3) is 16.8 Å². The number of nitrogens with zero attached hydrogens (tertiary/aromatic N) is 3. The Morgan fingerprint density at radius 3 is 2.34 bits per heavy atom. The van der Waals surface area contributed by atoms with Crippen LogP contribution in [0.4, 0.5) is 0 Å². The number of imidazole rings is 2.